The Labute approximate surface area is 103 Å². The lowest BCUT2D eigenvalue weighted by Gasteiger charge is -2.15. The van der Waals surface area contributed by atoms with E-state index < -0.39 is 0 Å². The molecule has 0 N–H and O–H groups in total. The Balaban J connectivity index is 2.30. The topological polar surface area (TPSA) is 26.3 Å². The Morgan fingerprint density at radius 3 is 2.71 bits per heavy atom. The number of ether oxygens (including phenoxy) is 1. The van der Waals surface area contributed by atoms with Gasteiger partial charge in [0, 0.05) is 12.0 Å². The summed E-state index contributed by atoms with van der Waals surface area (Å²) in [7, 11) is 0. The zero-order valence-electron chi connectivity index (χ0n) is 10.9. The van der Waals surface area contributed by atoms with Gasteiger partial charge in [0.05, 0.1) is 0 Å². The van der Waals surface area contributed by atoms with Crippen LogP contribution in [0.25, 0.3) is 0 Å². The first-order valence-corrected chi connectivity index (χ1v) is 6.30. The zero-order chi connectivity index (χ0) is 12.4. The van der Waals surface area contributed by atoms with Crippen LogP contribution in [0.15, 0.2) is 34.4 Å². The Kier molecular flexibility index (Phi) is 3.51. The van der Waals surface area contributed by atoms with E-state index in [1.807, 2.05) is 6.92 Å². The lowest BCUT2D eigenvalue weighted by Crippen LogP contribution is -2.12. The largest absolute Gasteiger partial charge is 0.454 e. The second-order valence-electron chi connectivity index (χ2n) is 5.09. The number of hydrogen-bond acceptors (Lipinski definition) is 2. The van der Waals surface area contributed by atoms with Crippen molar-refractivity contribution in [3.05, 3.63) is 34.4 Å². The zero-order valence-corrected chi connectivity index (χ0v) is 10.9. The number of carbonyl (C=O) groups is 1. The first-order valence-electron chi connectivity index (χ1n) is 6.30. The van der Waals surface area contributed by atoms with Crippen molar-refractivity contribution in [2.24, 2.45) is 0 Å². The highest BCUT2D eigenvalue weighted by Gasteiger charge is 2.30. The van der Waals surface area contributed by atoms with E-state index >= 15 is 0 Å². The summed E-state index contributed by atoms with van der Waals surface area (Å²) in [5, 5.41) is 0. The van der Waals surface area contributed by atoms with Crippen molar-refractivity contribution in [3.8, 4) is 0 Å². The molecule has 17 heavy (non-hydrogen) atoms. The number of carbonyl (C=O) groups excluding carboxylic acids is 1. The highest BCUT2D eigenvalue weighted by Crippen LogP contribution is 2.31. The summed E-state index contributed by atoms with van der Waals surface area (Å²) >= 11 is 0. The molecule has 1 unspecified atom stereocenters. The molecule has 2 rings (SSSR count). The molecule has 2 heteroatoms. The lowest BCUT2D eigenvalue weighted by atomic mass is 9.94. The van der Waals surface area contributed by atoms with Crippen molar-refractivity contribution in [3.63, 3.8) is 0 Å². The quantitative estimate of drug-likeness (QED) is 0.470. The van der Waals surface area contributed by atoms with E-state index in [-0.39, 0.29) is 12.1 Å². The standard InChI is InChI=1S/C15H20O2/c1-10-5-4-6-11(2)9-14-13(8-7-10)12(3)15(16)17-14/h6-7,14H,4-5,8-9H2,1-3H3/b10-7+,11-6+. The van der Waals surface area contributed by atoms with E-state index in [1.165, 1.54) is 16.7 Å². The molecule has 0 saturated heterocycles. The van der Waals surface area contributed by atoms with Gasteiger partial charge in [-0.25, -0.2) is 4.79 Å². The maximum atomic E-state index is 11.6. The van der Waals surface area contributed by atoms with Crippen LogP contribution in [-0.2, 0) is 9.53 Å². The van der Waals surface area contributed by atoms with E-state index in [4.69, 9.17) is 4.74 Å². The van der Waals surface area contributed by atoms with Gasteiger partial charge in [-0.2, -0.15) is 0 Å². The average Bonchev–Trinajstić information content (AvgIpc) is 2.52. The molecule has 2 nitrogen and oxygen atoms in total. The fourth-order valence-electron chi connectivity index (χ4n) is 2.42. The summed E-state index contributed by atoms with van der Waals surface area (Å²) in [6.45, 7) is 6.17. The van der Waals surface area contributed by atoms with Crippen LogP contribution in [0.1, 0.15) is 46.5 Å². The molecule has 1 atom stereocenters. The molecule has 0 amide bonds. The third-order valence-corrected chi connectivity index (χ3v) is 3.64. The van der Waals surface area contributed by atoms with E-state index in [0.29, 0.717) is 0 Å². The van der Waals surface area contributed by atoms with Gasteiger partial charge in [0.2, 0.25) is 0 Å². The number of fused-ring (bicyclic) bond motifs is 1. The molecule has 0 spiro atoms. The Bertz CT molecular complexity index is 424. The molecule has 2 aliphatic rings. The van der Waals surface area contributed by atoms with Gasteiger partial charge < -0.3 is 4.74 Å². The molecule has 0 bridgehead atoms. The van der Waals surface area contributed by atoms with Crippen LogP contribution in [0, 0.1) is 0 Å². The Morgan fingerprint density at radius 2 is 1.94 bits per heavy atom. The van der Waals surface area contributed by atoms with Gasteiger partial charge in [-0.3, -0.25) is 0 Å². The SMILES string of the molecule is CC1=C2C/C=C(\C)CC/C=C(\C)CC2OC1=O. The van der Waals surface area contributed by atoms with Crippen molar-refractivity contribution in [1.82, 2.24) is 0 Å². The minimum atomic E-state index is -0.136. The lowest BCUT2D eigenvalue weighted by molar-refractivity contribution is -0.139. The fourth-order valence-corrected chi connectivity index (χ4v) is 2.42. The molecular formula is C15H20O2. The second kappa shape index (κ2) is 4.91. The van der Waals surface area contributed by atoms with Crippen LogP contribution < -0.4 is 0 Å². The van der Waals surface area contributed by atoms with E-state index in [0.717, 1.165) is 31.3 Å². The smallest absolute Gasteiger partial charge is 0.334 e. The minimum absolute atomic E-state index is 0.0269. The molecule has 0 radical (unpaired) electrons. The molecule has 0 aromatic heterocycles. The van der Waals surface area contributed by atoms with Crippen LogP contribution >= 0.6 is 0 Å². The molecule has 0 saturated carbocycles. The summed E-state index contributed by atoms with van der Waals surface area (Å²) in [4.78, 5) is 11.6. The highest BCUT2D eigenvalue weighted by atomic mass is 16.5. The average molecular weight is 232 g/mol. The molecule has 1 aliphatic carbocycles. The summed E-state index contributed by atoms with van der Waals surface area (Å²) in [5.41, 5.74) is 4.70. The monoisotopic (exact) mass is 232 g/mol. The van der Waals surface area contributed by atoms with Crippen molar-refractivity contribution in [2.45, 2.75) is 52.6 Å². The molecule has 0 aromatic carbocycles. The van der Waals surface area contributed by atoms with Gasteiger partial charge in [-0.05, 0) is 45.6 Å². The predicted molar refractivity (Wildman–Crippen MR) is 68.6 cm³/mol. The molecule has 1 heterocycles. The summed E-state index contributed by atoms with van der Waals surface area (Å²) in [6.07, 6.45) is 8.40. The third-order valence-electron chi connectivity index (χ3n) is 3.64. The Hall–Kier alpha value is -1.31. The van der Waals surface area contributed by atoms with E-state index in [2.05, 4.69) is 26.0 Å². The Morgan fingerprint density at radius 1 is 1.18 bits per heavy atom. The van der Waals surface area contributed by atoms with Gasteiger partial charge in [0.1, 0.15) is 6.10 Å². The van der Waals surface area contributed by atoms with Gasteiger partial charge >= 0.3 is 5.97 Å². The maximum Gasteiger partial charge on any atom is 0.334 e. The second-order valence-corrected chi connectivity index (χ2v) is 5.09. The summed E-state index contributed by atoms with van der Waals surface area (Å²) in [6, 6.07) is 0. The van der Waals surface area contributed by atoms with Crippen molar-refractivity contribution < 1.29 is 9.53 Å². The van der Waals surface area contributed by atoms with Crippen LogP contribution in [0.3, 0.4) is 0 Å². The fraction of sp³-hybridized carbons (Fsp3) is 0.533. The number of hydrogen-bond donors (Lipinski definition) is 0. The highest BCUT2D eigenvalue weighted by molar-refractivity contribution is 5.91. The number of rotatable bonds is 0. The molecule has 0 fully saturated rings. The van der Waals surface area contributed by atoms with Gasteiger partial charge in [-0.15, -0.1) is 0 Å². The molecule has 0 aromatic rings. The first-order chi connectivity index (χ1) is 8.08. The summed E-state index contributed by atoms with van der Waals surface area (Å²) < 4.78 is 5.43. The van der Waals surface area contributed by atoms with Crippen LogP contribution in [-0.4, -0.2) is 12.1 Å². The van der Waals surface area contributed by atoms with Gasteiger partial charge in [0.15, 0.2) is 0 Å². The molecule has 1 aliphatic heterocycles. The first kappa shape index (κ1) is 12.2. The van der Waals surface area contributed by atoms with Crippen molar-refractivity contribution in [1.29, 1.82) is 0 Å². The van der Waals surface area contributed by atoms with Gasteiger partial charge in [-0.1, -0.05) is 23.3 Å². The van der Waals surface area contributed by atoms with Crippen molar-refractivity contribution in [2.75, 3.05) is 0 Å². The normalized spacial score (nSPS) is 32.2. The van der Waals surface area contributed by atoms with Crippen LogP contribution in [0.5, 0.6) is 0 Å². The maximum absolute atomic E-state index is 11.6. The molecule has 92 valence electrons. The van der Waals surface area contributed by atoms with Crippen molar-refractivity contribution >= 4 is 5.97 Å². The van der Waals surface area contributed by atoms with Crippen LogP contribution in [0.4, 0.5) is 0 Å². The third kappa shape index (κ3) is 2.68. The van der Waals surface area contributed by atoms with Crippen LogP contribution in [0.2, 0.25) is 0 Å². The van der Waals surface area contributed by atoms with E-state index in [9.17, 15) is 4.79 Å². The molecular weight excluding hydrogens is 212 g/mol. The summed E-state index contributed by atoms with van der Waals surface area (Å²) in [5.74, 6) is -0.136. The number of allylic oxidation sites excluding steroid dienone is 3. The predicted octanol–water partition coefficient (Wildman–Crippen LogP) is 3.69. The van der Waals surface area contributed by atoms with E-state index in [1.54, 1.807) is 0 Å². The van der Waals surface area contributed by atoms with Gasteiger partial charge in [0.25, 0.3) is 0 Å². The minimum Gasteiger partial charge on any atom is -0.454 e. The number of esters is 1.